The van der Waals surface area contributed by atoms with Gasteiger partial charge >= 0.3 is 5.97 Å². The number of sulfonamides is 1. The number of carbonyl (C=O) groups excluding carboxylic acids is 2. The normalized spacial score (nSPS) is 12.5. The molecule has 0 N–H and O–H groups in total. The molecular formula is C20H23NO6S. The summed E-state index contributed by atoms with van der Waals surface area (Å²) in [5, 5.41) is 0. The van der Waals surface area contributed by atoms with E-state index in [1.165, 1.54) is 45.3 Å². The van der Waals surface area contributed by atoms with Gasteiger partial charge in [0.05, 0.1) is 17.1 Å². The van der Waals surface area contributed by atoms with Gasteiger partial charge in [-0.05, 0) is 56.3 Å². The van der Waals surface area contributed by atoms with Crippen LogP contribution in [0, 0.1) is 0 Å². The van der Waals surface area contributed by atoms with Crippen LogP contribution in [0.25, 0.3) is 0 Å². The largest absolute Gasteiger partial charge is 0.494 e. The number of ether oxygens (including phenoxy) is 2. The van der Waals surface area contributed by atoms with E-state index in [1.807, 2.05) is 6.92 Å². The average molecular weight is 405 g/mol. The molecule has 2 rings (SSSR count). The summed E-state index contributed by atoms with van der Waals surface area (Å²) in [7, 11) is -0.881. The molecule has 0 saturated carbocycles. The molecule has 1 atom stereocenters. The summed E-state index contributed by atoms with van der Waals surface area (Å²) in [4.78, 5) is 24.8. The Bertz CT molecular complexity index is 951. The van der Waals surface area contributed by atoms with Gasteiger partial charge in [-0.2, -0.15) is 0 Å². The molecule has 0 fully saturated rings. The predicted molar refractivity (Wildman–Crippen MR) is 104 cm³/mol. The second-order valence-electron chi connectivity index (χ2n) is 6.18. The third-order valence-corrected chi connectivity index (χ3v) is 5.76. The fraction of sp³-hybridized carbons (Fsp3) is 0.300. The number of nitrogens with zero attached hydrogens (tertiary/aromatic N) is 1. The van der Waals surface area contributed by atoms with E-state index in [0.717, 1.165) is 4.31 Å². The van der Waals surface area contributed by atoms with Crippen LogP contribution >= 0.6 is 0 Å². The molecule has 2 aromatic rings. The molecule has 0 aliphatic rings. The van der Waals surface area contributed by atoms with Crippen LogP contribution in [0.3, 0.4) is 0 Å². The van der Waals surface area contributed by atoms with Gasteiger partial charge in [-0.15, -0.1) is 0 Å². The Morgan fingerprint density at radius 1 is 1.04 bits per heavy atom. The monoisotopic (exact) mass is 405 g/mol. The maximum Gasteiger partial charge on any atom is 0.338 e. The lowest BCUT2D eigenvalue weighted by atomic mass is 10.1. The quantitative estimate of drug-likeness (QED) is 0.496. The first-order valence-electron chi connectivity index (χ1n) is 8.67. The van der Waals surface area contributed by atoms with Crippen molar-refractivity contribution in [2.45, 2.75) is 24.8 Å². The minimum absolute atomic E-state index is 0.0301. The highest BCUT2D eigenvalue weighted by molar-refractivity contribution is 7.89. The van der Waals surface area contributed by atoms with Gasteiger partial charge in [-0.25, -0.2) is 17.5 Å². The first kappa shape index (κ1) is 21.6. The molecule has 150 valence electrons. The molecule has 0 heterocycles. The maximum atomic E-state index is 12.5. The van der Waals surface area contributed by atoms with Crippen LogP contribution in [-0.2, 0) is 14.8 Å². The Morgan fingerprint density at radius 3 is 2.25 bits per heavy atom. The first-order valence-corrected chi connectivity index (χ1v) is 10.1. The number of hydrogen-bond acceptors (Lipinski definition) is 6. The van der Waals surface area contributed by atoms with Crippen molar-refractivity contribution >= 4 is 21.8 Å². The van der Waals surface area contributed by atoms with Gasteiger partial charge in [0.1, 0.15) is 5.75 Å². The number of Topliss-reactive ketones (excluding diaryl/α,β-unsaturated/α-hetero) is 1. The molecule has 0 amide bonds. The summed E-state index contributed by atoms with van der Waals surface area (Å²) in [6, 6.07) is 12.0. The van der Waals surface area contributed by atoms with E-state index < -0.39 is 22.1 Å². The molecule has 0 unspecified atom stereocenters. The third kappa shape index (κ3) is 4.96. The van der Waals surface area contributed by atoms with Gasteiger partial charge in [-0.1, -0.05) is 6.07 Å². The lowest BCUT2D eigenvalue weighted by Crippen LogP contribution is -2.25. The smallest absolute Gasteiger partial charge is 0.338 e. The van der Waals surface area contributed by atoms with Gasteiger partial charge < -0.3 is 9.47 Å². The zero-order valence-electron chi connectivity index (χ0n) is 16.2. The van der Waals surface area contributed by atoms with E-state index in [4.69, 9.17) is 9.47 Å². The molecule has 0 saturated heterocycles. The fourth-order valence-electron chi connectivity index (χ4n) is 2.39. The highest BCUT2D eigenvalue weighted by Crippen LogP contribution is 2.18. The predicted octanol–water partition coefficient (Wildman–Crippen LogP) is 2.76. The summed E-state index contributed by atoms with van der Waals surface area (Å²) < 4.78 is 36.0. The number of ketones is 1. The van der Waals surface area contributed by atoms with Crippen molar-refractivity contribution in [2.75, 3.05) is 20.7 Å². The van der Waals surface area contributed by atoms with Crippen LogP contribution in [0.4, 0.5) is 0 Å². The van der Waals surface area contributed by atoms with Crippen LogP contribution in [0.15, 0.2) is 53.4 Å². The summed E-state index contributed by atoms with van der Waals surface area (Å²) >= 11 is 0. The molecule has 0 aliphatic carbocycles. The van der Waals surface area contributed by atoms with Crippen molar-refractivity contribution < 1.29 is 27.5 Å². The molecule has 2 aromatic carbocycles. The highest BCUT2D eigenvalue weighted by atomic mass is 32.2. The zero-order chi connectivity index (χ0) is 20.9. The number of rotatable bonds is 8. The summed E-state index contributed by atoms with van der Waals surface area (Å²) in [5.41, 5.74) is 0.432. The molecule has 0 aromatic heterocycles. The van der Waals surface area contributed by atoms with Crippen molar-refractivity contribution in [3.05, 3.63) is 59.7 Å². The topological polar surface area (TPSA) is 90.0 Å². The van der Waals surface area contributed by atoms with Gasteiger partial charge in [0.25, 0.3) is 0 Å². The Balaban J connectivity index is 2.12. The second kappa shape index (κ2) is 8.99. The van der Waals surface area contributed by atoms with Crippen LogP contribution in [0.5, 0.6) is 5.75 Å². The van der Waals surface area contributed by atoms with E-state index in [9.17, 15) is 18.0 Å². The number of carbonyl (C=O) groups is 2. The number of benzene rings is 2. The molecule has 8 heteroatoms. The average Bonchev–Trinajstić information content (AvgIpc) is 2.68. The lowest BCUT2D eigenvalue weighted by Gasteiger charge is -2.14. The van der Waals surface area contributed by atoms with E-state index in [2.05, 4.69) is 0 Å². The second-order valence-corrected chi connectivity index (χ2v) is 8.34. The summed E-state index contributed by atoms with van der Waals surface area (Å²) in [5.74, 6) is -0.501. The highest BCUT2D eigenvalue weighted by Gasteiger charge is 2.23. The van der Waals surface area contributed by atoms with Crippen molar-refractivity contribution in [3.8, 4) is 5.75 Å². The standard InChI is InChI=1S/C20H23NO6S/c1-5-26-17-11-9-15(10-12-17)19(22)14(2)27-20(23)16-7-6-8-18(13-16)28(24,25)21(3)4/h6-14H,5H2,1-4H3/t14-/m1/s1. The minimum atomic E-state index is -3.68. The molecular weight excluding hydrogens is 382 g/mol. The SMILES string of the molecule is CCOc1ccc(C(=O)[C@@H](C)OC(=O)c2cccc(S(=O)(=O)N(C)C)c2)cc1. The van der Waals surface area contributed by atoms with Crippen molar-refractivity contribution in [1.82, 2.24) is 4.31 Å². The van der Waals surface area contributed by atoms with Gasteiger partial charge in [0.2, 0.25) is 15.8 Å². The van der Waals surface area contributed by atoms with Crippen molar-refractivity contribution in [2.24, 2.45) is 0 Å². The molecule has 0 radical (unpaired) electrons. The van der Waals surface area contributed by atoms with E-state index >= 15 is 0 Å². The number of hydrogen-bond donors (Lipinski definition) is 0. The van der Waals surface area contributed by atoms with E-state index in [1.54, 1.807) is 24.3 Å². The molecule has 0 spiro atoms. The Labute approximate surface area is 164 Å². The van der Waals surface area contributed by atoms with Crippen LogP contribution in [0.1, 0.15) is 34.6 Å². The van der Waals surface area contributed by atoms with Crippen LogP contribution < -0.4 is 4.74 Å². The maximum absolute atomic E-state index is 12.5. The first-order chi connectivity index (χ1) is 13.2. The third-order valence-electron chi connectivity index (χ3n) is 3.95. The fourth-order valence-corrected chi connectivity index (χ4v) is 3.34. The van der Waals surface area contributed by atoms with Gasteiger partial charge in [0.15, 0.2) is 6.10 Å². The molecule has 7 nitrogen and oxygen atoms in total. The number of esters is 1. The molecule has 28 heavy (non-hydrogen) atoms. The Kier molecular flexibility index (Phi) is 6.93. The Hall–Kier alpha value is -2.71. The van der Waals surface area contributed by atoms with Crippen LogP contribution in [0.2, 0.25) is 0 Å². The summed E-state index contributed by atoms with van der Waals surface area (Å²) in [6.07, 6.45) is -1.03. The van der Waals surface area contributed by atoms with Crippen molar-refractivity contribution in [3.63, 3.8) is 0 Å². The van der Waals surface area contributed by atoms with Gasteiger partial charge in [0, 0.05) is 19.7 Å². The Morgan fingerprint density at radius 2 is 1.68 bits per heavy atom. The van der Waals surface area contributed by atoms with Gasteiger partial charge in [-0.3, -0.25) is 4.79 Å². The van der Waals surface area contributed by atoms with E-state index in [0.29, 0.717) is 17.9 Å². The lowest BCUT2D eigenvalue weighted by molar-refractivity contribution is 0.0318. The van der Waals surface area contributed by atoms with Crippen LogP contribution in [-0.4, -0.2) is 51.3 Å². The minimum Gasteiger partial charge on any atom is -0.494 e. The summed E-state index contributed by atoms with van der Waals surface area (Å²) in [6.45, 7) is 3.85. The zero-order valence-corrected chi connectivity index (χ0v) is 17.0. The van der Waals surface area contributed by atoms with E-state index in [-0.39, 0.29) is 16.2 Å². The molecule has 0 bridgehead atoms. The van der Waals surface area contributed by atoms with Crippen molar-refractivity contribution in [1.29, 1.82) is 0 Å². The molecule has 0 aliphatic heterocycles.